The van der Waals surface area contributed by atoms with Crippen molar-refractivity contribution in [1.29, 1.82) is 0 Å². The van der Waals surface area contributed by atoms with Crippen LogP contribution in [0.5, 0.6) is 0 Å². The molecule has 0 aliphatic rings. The molecule has 108 valence electrons. The molecule has 0 amide bonds. The summed E-state index contributed by atoms with van der Waals surface area (Å²) in [6.07, 6.45) is 9.04. The van der Waals surface area contributed by atoms with E-state index in [0.717, 1.165) is 29.4 Å². The minimum Gasteiger partial charge on any atom is -0.377 e. The van der Waals surface area contributed by atoms with Crippen LogP contribution in [0, 0.1) is 0 Å². The van der Waals surface area contributed by atoms with Crippen molar-refractivity contribution < 1.29 is 4.74 Å². The largest absolute Gasteiger partial charge is 0.377 e. The van der Waals surface area contributed by atoms with E-state index in [9.17, 15) is 0 Å². The normalized spacial score (nSPS) is 10.8. The standard InChI is InChI=1S/C16H25ClOS/c17-16-10-8-9-15(13-16)14-18-11-6-4-2-1-3-5-7-12-19/h8-10,13,19H,1-7,11-12,14H2. The van der Waals surface area contributed by atoms with Crippen LogP contribution >= 0.6 is 24.2 Å². The fourth-order valence-electron chi connectivity index (χ4n) is 2.02. The molecule has 3 heteroatoms. The number of hydrogen-bond acceptors (Lipinski definition) is 2. The zero-order valence-electron chi connectivity index (χ0n) is 11.6. The van der Waals surface area contributed by atoms with E-state index >= 15 is 0 Å². The van der Waals surface area contributed by atoms with Crippen LogP contribution in [0.4, 0.5) is 0 Å². The number of thiol groups is 1. The van der Waals surface area contributed by atoms with E-state index in [-0.39, 0.29) is 0 Å². The SMILES string of the molecule is SCCCCCCCCCOCc1cccc(Cl)c1. The Hall–Kier alpha value is -0.180. The van der Waals surface area contributed by atoms with E-state index in [1.807, 2.05) is 24.3 Å². The maximum atomic E-state index is 5.92. The van der Waals surface area contributed by atoms with Gasteiger partial charge in [-0.05, 0) is 36.3 Å². The second-order valence-corrected chi connectivity index (χ2v) is 5.76. The third-order valence-electron chi connectivity index (χ3n) is 3.10. The number of ether oxygens (including phenoxy) is 1. The predicted octanol–water partition coefficient (Wildman–Crippen LogP) is 5.52. The van der Waals surface area contributed by atoms with Gasteiger partial charge in [-0.1, -0.05) is 55.8 Å². The average Bonchev–Trinajstić information content (AvgIpc) is 2.41. The first kappa shape index (κ1) is 16.9. The van der Waals surface area contributed by atoms with Crippen molar-refractivity contribution in [3.63, 3.8) is 0 Å². The van der Waals surface area contributed by atoms with Gasteiger partial charge in [-0.15, -0.1) is 0 Å². The molecule has 0 aliphatic heterocycles. The van der Waals surface area contributed by atoms with Gasteiger partial charge in [0.2, 0.25) is 0 Å². The van der Waals surface area contributed by atoms with Gasteiger partial charge in [0.1, 0.15) is 0 Å². The fraction of sp³-hybridized carbons (Fsp3) is 0.625. The molecule has 19 heavy (non-hydrogen) atoms. The van der Waals surface area contributed by atoms with Gasteiger partial charge in [-0.25, -0.2) is 0 Å². The average molecular weight is 301 g/mol. The quantitative estimate of drug-likeness (QED) is 0.418. The van der Waals surface area contributed by atoms with Gasteiger partial charge in [0.25, 0.3) is 0 Å². The molecule has 0 N–H and O–H groups in total. The second kappa shape index (κ2) is 11.6. The van der Waals surface area contributed by atoms with Crippen molar-refractivity contribution in [3.05, 3.63) is 34.9 Å². The molecule has 0 aromatic heterocycles. The lowest BCUT2D eigenvalue weighted by atomic mass is 10.1. The summed E-state index contributed by atoms with van der Waals surface area (Å²) in [6.45, 7) is 1.52. The molecule has 0 bridgehead atoms. The summed E-state index contributed by atoms with van der Waals surface area (Å²) in [5, 5.41) is 0.780. The van der Waals surface area contributed by atoms with E-state index in [4.69, 9.17) is 16.3 Å². The Kier molecular flexibility index (Phi) is 10.3. The Labute approximate surface area is 128 Å². The van der Waals surface area contributed by atoms with Crippen LogP contribution in [0.1, 0.15) is 50.5 Å². The summed E-state index contributed by atoms with van der Waals surface area (Å²) >= 11 is 10.1. The van der Waals surface area contributed by atoms with Gasteiger partial charge in [0, 0.05) is 11.6 Å². The van der Waals surface area contributed by atoms with Crippen LogP contribution in [0.2, 0.25) is 5.02 Å². The Bertz CT molecular complexity index is 330. The number of unbranched alkanes of at least 4 members (excludes halogenated alkanes) is 6. The predicted molar refractivity (Wildman–Crippen MR) is 87.3 cm³/mol. The van der Waals surface area contributed by atoms with Gasteiger partial charge >= 0.3 is 0 Å². The van der Waals surface area contributed by atoms with Crippen LogP contribution < -0.4 is 0 Å². The summed E-state index contributed by atoms with van der Waals surface area (Å²) in [5.74, 6) is 1.03. The van der Waals surface area contributed by atoms with Gasteiger partial charge < -0.3 is 4.74 Å². The summed E-state index contributed by atoms with van der Waals surface area (Å²) in [4.78, 5) is 0. The number of halogens is 1. The van der Waals surface area contributed by atoms with E-state index in [2.05, 4.69) is 12.6 Å². The van der Waals surface area contributed by atoms with Crippen LogP contribution in [0.25, 0.3) is 0 Å². The first-order chi connectivity index (χ1) is 9.33. The highest BCUT2D eigenvalue weighted by Gasteiger charge is 1.95. The van der Waals surface area contributed by atoms with E-state index in [0.29, 0.717) is 6.61 Å². The highest BCUT2D eigenvalue weighted by molar-refractivity contribution is 7.80. The minimum absolute atomic E-state index is 0.669. The molecule has 0 fully saturated rings. The molecule has 0 radical (unpaired) electrons. The van der Waals surface area contributed by atoms with Crippen molar-refractivity contribution >= 4 is 24.2 Å². The smallest absolute Gasteiger partial charge is 0.0717 e. The zero-order chi connectivity index (χ0) is 13.8. The number of hydrogen-bond donors (Lipinski definition) is 1. The first-order valence-corrected chi connectivity index (χ1v) is 8.27. The molecule has 0 atom stereocenters. The Morgan fingerprint density at radius 2 is 1.63 bits per heavy atom. The molecule has 0 saturated heterocycles. The highest BCUT2D eigenvalue weighted by Crippen LogP contribution is 2.12. The molecule has 1 aromatic carbocycles. The first-order valence-electron chi connectivity index (χ1n) is 7.26. The topological polar surface area (TPSA) is 9.23 Å². The molecular formula is C16H25ClOS. The molecular weight excluding hydrogens is 276 g/mol. The Morgan fingerprint density at radius 1 is 0.947 bits per heavy atom. The number of benzene rings is 1. The van der Waals surface area contributed by atoms with Gasteiger partial charge in [0.15, 0.2) is 0 Å². The summed E-state index contributed by atoms with van der Waals surface area (Å²) in [6, 6.07) is 7.86. The van der Waals surface area contributed by atoms with Crippen LogP contribution in [-0.2, 0) is 11.3 Å². The van der Waals surface area contributed by atoms with Gasteiger partial charge in [-0.2, -0.15) is 12.6 Å². The summed E-state index contributed by atoms with van der Waals surface area (Å²) in [7, 11) is 0. The zero-order valence-corrected chi connectivity index (χ0v) is 13.3. The van der Waals surface area contributed by atoms with Crippen LogP contribution in [-0.4, -0.2) is 12.4 Å². The van der Waals surface area contributed by atoms with Crippen molar-refractivity contribution in [2.45, 2.75) is 51.6 Å². The fourth-order valence-corrected chi connectivity index (χ4v) is 2.45. The highest BCUT2D eigenvalue weighted by atomic mass is 35.5. The minimum atomic E-state index is 0.669. The maximum Gasteiger partial charge on any atom is 0.0717 e. The summed E-state index contributed by atoms with van der Waals surface area (Å²) in [5.41, 5.74) is 1.15. The van der Waals surface area contributed by atoms with Crippen molar-refractivity contribution in [3.8, 4) is 0 Å². The lowest BCUT2D eigenvalue weighted by molar-refractivity contribution is 0.116. The van der Waals surface area contributed by atoms with Gasteiger partial charge in [0.05, 0.1) is 6.61 Å². The van der Waals surface area contributed by atoms with Crippen molar-refractivity contribution in [2.24, 2.45) is 0 Å². The second-order valence-electron chi connectivity index (χ2n) is 4.88. The molecule has 1 aromatic rings. The van der Waals surface area contributed by atoms with Gasteiger partial charge in [-0.3, -0.25) is 0 Å². The molecule has 1 nitrogen and oxygen atoms in total. The third kappa shape index (κ3) is 9.37. The van der Waals surface area contributed by atoms with Crippen LogP contribution in [0.15, 0.2) is 24.3 Å². The Balaban J connectivity index is 1.89. The number of rotatable bonds is 11. The van der Waals surface area contributed by atoms with Crippen molar-refractivity contribution in [1.82, 2.24) is 0 Å². The van der Waals surface area contributed by atoms with Crippen molar-refractivity contribution in [2.75, 3.05) is 12.4 Å². The molecule has 0 unspecified atom stereocenters. The molecule has 0 heterocycles. The van der Waals surface area contributed by atoms with E-state index in [1.165, 1.54) is 38.5 Å². The third-order valence-corrected chi connectivity index (χ3v) is 3.66. The lowest BCUT2D eigenvalue weighted by Crippen LogP contribution is -1.95. The summed E-state index contributed by atoms with van der Waals surface area (Å²) < 4.78 is 5.65. The molecule has 1 rings (SSSR count). The van der Waals surface area contributed by atoms with E-state index < -0.39 is 0 Å². The maximum absolute atomic E-state index is 5.92. The molecule has 0 aliphatic carbocycles. The van der Waals surface area contributed by atoms with Crippen LogP contribution in [0.3, 0.4) is 0 Å². The Morgan fingerprint density at radius 3 is 2.32 bits per heavy atom. The lowest BCUT2D eigenvalue weighted by Gasteiger charge is -2.05. The van der Waals surface area contributed by atoms with E-state index in [1.54, 1.807) is 0 Å². The molecule has 0 spiro atoms. The monoisotopic (exact) mass is 300 g/mol. The molecule has 0 saturated carbocycles.